The molecule has 1 aromatic carbocycles. The fraction of sp³-hybridized carbons (Fsp3) is 0.417. The van der Waals surface area contributed by atoms with Crippen molar-refractivity contribution in [2.45, 2.75) is 32.7 Å². The molecule has 0 aliphatic carbocycles. The number of carboxylic acids is 1. The zero-order valence-corrected chi connectivity index (χ0v) is 10.2. The molecule has 0 aliphatic heterocycles. The number of benzene rings is 1. The van der Waals surface area contributed by atoms with E-state index in [9.17, 15) is 4.79 Å². The first-order valence-electron chi connectivity index (χ1n) is 5.33. The van der Waals surface area contributed by atoms with E-state index in [0.29, 0.717) is 11.1 Å². The van der Waals surface area contributed by atoms with Gasteiger partial charge in [-0.2, -0.15) is 0 Å². The largest absolute Gasteiger partial charge is 0.478 e. The minimum atomic E-state index is -0.964. The summed E-state index contributed by atoms with van der Waals surface area (Å²) in [6.07, 6.45) is 2.12. The maximum absolute atomic E-state index is 10.8. The van der Waals surface area contributed by atoms with E-state index in [1.54, 1.807) is 12.1 Å². The molecule has 0 amide bonds. The molecule has 0 radical (unpaired) electrons. The standard InChI is InChI=1S/C12H16ClNO2/c1-3-4-8(2)14-11-6-9(12(15)16)5-10(13)7-11/h5-8,14H,3-4H2,1-2H3,(H,15,16). The van der Waals surface area contributed by atoms with Crippen LogP contribution in [-0.2, 0) is 0 Å². The van der Waals surface area contributed by atoms with Gasteiger partial charge in [-0.25, -0.2) is 4.79 Å². The number of carboxylic acid groups (broad SMARTS) is 1. The van der Waals surface area contributed by atoms with Gasteiger partial charge in [-0.15, -0.1) is 0 Å². The predicted molar refractivity (Wildman–Crippen MR) is 66.4 cm³/mol. The van der Waals surface area contributed by atoms with Gasteiger partial charge in [0.2, 0.25) is 0 Å². The van der Waals surface area contributed by atoms with Crippen molar-refractivity contribution in [3.05, 3.63) is 28.8 Å². The fourth-order valence-corrected chi connectivity index (χ4v) is 1.82. The van der Waals surface area contributed by atoms with Crippen LogP contribution in [0.5, 0.6) is 0 Å². The van der Waals surface area contributed by atoms with Crippen molar-refractivity contribution in [3.8, 4) is 0 Å². The van der Waals surface area contributed by atoms with Gasteiger partial charge in [-0.1, -0.05) is 24.9 Å². The van der Waals surface area contributed by atoms with Crippen molar-refractivity contribution in [3.63, 3.8) is 0 Å². The number of nitrogens with one attached hydrogen (secondary N) is 1. The quantitative estimate of drug-likeness (QED) is 0.828. The van der Waals surface area contributed by atoms with Gasteiger partial charge in [0, 0.05) is 16.8 Å². The summed E-state index contributed by atoms with van der Waals surface area (Å²) in [5.41, 5.74) is 0.963. The zero-order valence-electron chi connectivity index (χ0n) is 9.46. The summed E-state index contributed by atoms with van der Waals surface area (Å²) in [6.45, 7) is 4.17. The Kier molecular flexibility index (Phi) is 4.62. The monoisotopic (exact) mass is 241 g/mol. The molecule has 0 aromatic heterocycles. The van der Waals surface area contributed by atoms with Gasteiger partial charge in [0.15, 0.2) is 0 Å². The molecule has 0 bridgehead atoms. The summed E-state index contributed by atoms with van der Waals surface area (Å²) in [6, 6.07) is 5.09. The number of halogens is 1. The van der Waals surface area contributed by atoms with E-state index in [0.717, 1.165) is 18.5 Å². The topological polar surface area (TPSA) is 49.3 Å². The average molecular weight is 242 g/mol. The van der Waals surface area contributed by atoms with Crippen LogP contribution in [0.2, 0.25) is 5.02 Å². The van der Waals surface area contributed by atoms with Gasteiger partial charge in [0.1, 0.15) is 0 Å². The van der Waals surface area contributed by atoms with Crippen LogP contribution >= 0.6 is 11.6 Å². The van der Waals surface area contributed by atoms with Crippen LogP contribution in [0.4, 0.5) is 5.69 Å². The molecule has 88 valence electrons. The highest BCUT2D eigenvalue weighted by atomic mass is 35.5. The molecule has 16 heavy (non-hydrogen) atoms. The number of aromatic carboxylic acids is 1. The molecule has 3 nitrogen and oxygen atoms in total. The SMILES string of the molecule is CCCC(C)Nc1cc(Cl)cc(C(=O)O)c1. The maximum atomic E-state index is 10.8. The molecular formula is C12H16ClNO2. The zero-order chi connectivity index (χ0) is 12.1. The maximum Gasteiger partial charge on any atom is 0.335 e. The van der Waals surface area contributed by atoms with E-state index in [2.05, 4.69) is 19.2 Å². The van der Waals surface area contributed by atoms with Gasteiger partial charge in [0.25, 0.3) is 0 Å². The molecule has 0 spiro atoms. The Labute approximate surface area is 100 Å². The third-order valence-corrected chi connectivity index (χ3v) is 2.50. The highest BCUT2D eigenvalue weighted by Gasteiger charge is 2.07. The lowest BCUT2D eigenvalue weighted by atomic mass is 10.1. The van der Waals surface area contributed by atoms with E-state index < -0.39 is 5.97 Å². The summed E-state index contributed by atoms with van der Waals surface area (Å²) in [4.78, 5) is 10.8. The van der Waals surface area contributed by atoms with E-state index >= 15 is 0 Å². The van der Waals surface area contributed by atoms with Crippen molar-refractivity contribution in [1.29, 1.82) is 0 Å². The average Bonchev–Trinajstić information content (AvgIpc) is 2.16. The van der Waals surface area contributed by atoms with Crippen LogP contribution in [0.25, 0.3) is 0 Å². The molecule has 0 heterocycles. The van der Waals surface area contributed by atoms with Gasteiger partial charge in [-0.3, -0.25) is 0 Å². The van der Waals surface area contributed by atoms with Gasteiger partial charge in [-0.05, 0) is 31.5 Å². The second kappa shape index (κ2) is 5.75. The third-order valence-electron chi connectivity index (χ3n) is 2.28. The smallest absolute Gasteiger partial charge is 0.335 e. The number of carbonyl (C=O) groups is 1. The van der Waals surface area contributed by atoms with Crippen molar-refractivity contribution in [2.75, 3.05) is 5.32 Å². The van der Waals surface area contributed by atoms with Crippen LogP contribution in [0.3, 0.4) is 0 Å². The molecular weight excluding hydrogens is 226 g/mol. The van der Waals surface area contributed by atoms with E-state index in [4.69, 9.17) is 16.7 Å². The molecule has 1 unspecified atom stereocenters. The lowest BCUT2D eigenvalue weighted by molar-refractivity contribution is 0.0697. The molecule has 0 saturated heterocycles. The minimum Gasteiger partial charge on any atom is -0.478 e. The molecule has 1 aromatic rings. The Morgan fingerprint density at radius 1 is 1.50 bits per heavy atom. The Hall–Kier alpha value is -1.22. The Balaban J connectivity index is 2.84. The van der Waals surface area contributed by atoms with Crippen molar-refractivity contribution in [1.82, 2.24) is 0 Å². The summed E-state index contributed by atoms with van der Waals surface area (Å²) < 4.78 is 0. The third kappa shape index (κ3) is 3.74. The highest BCUT2D eigenvalue weighted by Crippen LogP contribution is 2.20. The number of hydrogen-bond donors (Lipinski definition) is 2. The van der Waals surface area contributed by atoms with E-state index in [-0.39, 0.29) is 5.56 Å². The first-order chi connectivity index (χ1) is 7.52. The normalized spacial score (nSPS) is 12.2. The van der Waals surface area contributed by atoms with Gasteiger partial charge >= 0.3 is 5.97 Å². The Morgan fingerprint density at radius 3 is 2.75 bits per heavy atom. The second-order valence-corrected chi connectivity index (χ2v) is 4.30. The molecule has 0 fully saturated rings. The van der Waals surface area contributed by atoms with Gasteiger partial charge < -0.3 is 10.4 Å². The molecule has 2 N–H and O–H groups in total. The lowest BCUT2D eigenvalue weighted by Crippen LogP contribution is -2.14. The minimum absolute atomic E-state index is 0.207. The second-order valence-electron chi connectivity index (χ2n) is 3.87. The van der Waals surface area contributed by atoms with Crippen molar-refractivity contribution >= 4 is 23.3 Å². The highest BCUT2D eigenvalue weighted by molar-refractivity contribution is 6.31. The summed E-state index contributed by atoms with van der Waals surface area (Å²) in [5.74, 6) is -0.964. The fourth-order valence-electron chi connectivity index (χ4n) is 1.59. The molecule has 1 rings (SSSR count). The van der Waals surface area contributed by atoms with Crippen LogP contribution in [0.15, 0.2) is 18.2 Å². The van der Waals surface area contributed by atoms with Crippen LogP contribution in [0.1, 0.15) is 37.0 Å². The molecule has 0 saturated carbocycles. The van der Waals surface area contributed by atoms with Gasteiger partial charge in [0.05, 0.1) is 5.56 Å². The number of anilines is 1. The van der Waals surface area contributed by atoms with Crippen molar-refractivity contribution in [2.24, 2.45) is 0 Å². The Morgan fingerprint density at radius 2 is 2.19 bits per heavy atom. The van der Waals surface area contributed by atoms with Crippen LogP contribution < -0.4 is 5.32 Å². The summed E-state index contributed by atoms with van der Waals surface area (Å²) >= 11 is 5.85. The van der Waals surface area contributed by atoms with E-state index in [1.165, 1.54) is 6.07 Å². The lowest BCUT2D eigenvalue weighted by Gasteiger charge is -2.14. The predicted octanol–water partition coefficient (Wildman–Crippen LogP) is 3.64. The van der Waals surface area contributed by atoms with Crippen LogP contribution in [0, 0.1) is 0 Å². The number of rotatable bonds is 5. The molecule has 4 heteroatoms. The first-order valence-corrected chi connectivity index (χ1v) is 5.71. The summed E-state index contributed by atoms with van der Waals surface area (Å²) in [5, 5.41) is 12.6. The first kappa shape index (κ1) is 12.8. The Bertz CT molecular complexity index is 379. The molecule has 0 aliphatic rings. The molecule has 1 atom stereocenters. The van der Waals surface area contributed by atoms with Crippen LogP contribution in [-0.4, -0.2) is 17.1 Å². The van der Waals surface area contributed by atoms with Crippen molar-refractivity contribution < 1.29 is 9.90 Å². The summed E-state index contributed by atoms with van der Waals surface area (Å²) in [7, 11) is 0. The number of hydrogen-bond acceptors (Lipinski definition) is 2. The van der Waals surface area contributed by atoms with E-state index in [1.807, 2.05) is 0 Å².